The number of carbonyl (C=O) groups is 3. The van der Waals surface area contributed by atoms with Crippen molar-refractivity contribution in [2.24, 2.45) is 0 Å². The molecule has 0 aliphatic carbocycles. The Labute approximate surface area is 232 Å². The van der Waals surface area contributed by atoms with Crippen LogP contribution in [0.2, 0.25) is 5.02 Å². The van der Waals surface area contributed by atoms with Crippen LogP contribution in [0.15, 0.2) is 53.1 Å². The molecule has 10 nitrogen and oxygen atoms in total. The van der Waals surface area contributed by atoms with Crippen molar-refractivity contribution < 1.29 is 28.4 Å². The maximum atomic E-state index is 13.9. The predicted octanol–water partition coefficient (Wildman–Crippen LogP) is 5.06. The third kappa shape index (κ3) is 7.51. The quantitative estimate of drug-likeness (QED) is 0.358. The van der Waals surface area contributed by atoms with Gasteiger partial charge in [-0.05, 0) is 45.9 Å². The second-order valence-corrected chi connectivity index (χ2v) is 10.2. The summed E-state index contributed by atoms with van der Waals surface area (Å²) in [6.07, 6.45) is -0.395. The summed E-state index contributed by atoms with van der Waals surface area (Å²) in [5.41, 5.74) is 0.0664. The SMILES string of the molecule is COc1cccc(C(C(=O)NC(C)(C)C)N(C(=O)CCC(=O)Nc2cc(C)on2)c2ccccc2Cl)c1OC. The molecule has 0 aliphatic heterocycles. The van der Waals surface area contributed by atoms with Crippen molar-refractivity contribution in [2.75, 3.05) is 24.4 Å². The molecule has 1 unspecified atom stereocenters. The number of amides is 3. The van der Waals surface area contributed by atoms with Crippen molar-refractivity contribution in [2.45, 2.75) is 52.1 Å². The van der Waals surface area contributed by atoms with E-state index >= 15 is 0 Å². The summed E-state index contributed by atoms with van der Waals surface area (Å²) in [6, 6.07) is 12.1. The molecule has 2 aromatic carbocycles. The molecule has 3 aromatic rings. The standard InChI is InChI=1S/C28H33ClN4O6/c1-17-16-22(32-39-17)30-23(34)14-15-24(35)33(20-12-8-7-11-19(20)29)25(27(36)31-28(2,3)4)18-10-9-13-21(37-5)26(18)38-6/h7-13,16,25H,14-15H2,1-6H3,(H,31,36)(H,30,32,34). The van der Waals surface area contributed by atoms with Crippen LogP contribution in [-0.4, -0.2) is 42.6 Å². The van der Waals surface area contributed by atoms with E-state index in [-0.39, 0.29) is 29.4 Å². The molecule has 0 saturated carbocycles. The molecular formula is C28H33ClN4O6. The Morgan fingerprint density at radius 1 is 1.05 bits per heavy atom. The number of hydrogen-bond acceptors (Lipinski definition) is 7. The molecule has 2 N–H and O–H groups in total. The number of aromatic nitrogens is 1. The zero-order valence-electron chi connectivity index (χ0n) is 22.8. The van der Waals surface area contributed by atoms with Crippen LogP contribution in [0, 0.1) is 6.92 Å². The molecule has 3 rings (SSSR count). The number of hydrogen-bond donors (Lipinski definition) is 2. The van der Waals surface area contributed by atoms with Crippen molar-refractivity contribution in [1.82, 2.24) is 10.5 Å². The summed E-state index contributed by atoms with van der Waals surface area (Å²) in [5, 5.41) is 9.55. The number of benzene rings is 2. The summed E-state index contributed by atoms with van der Waals surface area (Å²) in [5.74, 6) is 0.0434. The molecule has 11 heteroatoms. The first-order chi connectivity index (χ1) is 18.4. The van der Waals surface area contributed by atoms with E-state index in [2.05, 4.69) is 15.8 Å². The maximum absolute atomic E-state index is 13.9. The Morgan fingerprint density at radius 2 is 1.77 bits per heavy atom. The van der Waals surface area contributed by atoms with Crippen molar-refractivity contribution in [3.63, 3.8) is 0 Å². The average molecular weight is 557 g/mol. The number of anilines is 2. The van der Waals surface area contributed by atoms with E-state index in [1.165, 1.54) is 19.1 Å². The van der Waals surface area contributed by atoms with E-state index in [4.69, 9.17) is 25.6 Å². The predicted molar refractivity (Wildman–Crippen MR) is 148 cm³/mol. The molecule has 1 atom stereocenters. The minimum Gasteiger partial charge on any atom is -0.493 e. The monoisotopic (exact) mass is 556 g/mol. The van der Waals surface area contributed by atoms with Crippen molar-refractivity contribution in [3.05, 3.63) is 64.9 Å². The first kappa shape index (κ1) is 29.5. The normalized spacial score (nSPS) is 11.9. The van der Waals surface area contributed by atoms with Gasteiger partial charge in [-0.2, -0.15) is 0 Å². The van der Waals surface area contributed by atoms with Crippen LogP contribution in [0.4, 0.5) is 11.5 Å². The maximum Gasteiger partial charge on any atom is 0.248 e. The highest BCUT2D eigenvalue weighted by Crippen LogP contribution is 2.41. The van der Waals surface area contributed by atoms with Gasteiger partial charge in [-0.3, -0.25) is 19.3 Å². The Hall–Kier alpha value is -4.05. The van der Waals surface area contributed by atoms with Crippen LogP contribution >= 0.6 is 11.6 Å². The molecule has 0 fully saturated rings. The molecule has 0 radical (unpaired) electrons. The fourth-order valence-corrected chi connectivity index (χ4v) is 4.23. The summed E-state index contributed by atoms with van der Waals surface area (Å²) in [7, 11) is 2.94. The molecule has 1 heterocycles. The molecule has 39 heavy (non-hydrogen) atoms. The Kier molecular flexibility index (Phi) is 9.58. The Bertz CT molecular complexity index is 1330. The largest absolute Gasteiger partial charge is 0.493 e. The summed E-state index contributed by atoms with van der Waals surface area (Å²) < 4.78 is 16.1. The number of nitrogens with one attached hydrogen (secondary N) is 2. The first-order valence-electron chi connectivity index (χ1n) is 12.3. The lowest BCUT2D eigenvalue weighted by molar-refractivity contribution is -0.128. The van der Waals surface area contributed by atoms with Gasteiger partial charge in [0.05, 0.1) is 24.9 Å². The summed E-state index contributed by atoms with van der Waals surface area (Å²) in [4.78, 5) is 41.7. The van der Waals surface area contributed by atoms with E-state index in [9.17, 15) is 14.4 Å². The van der Waals surface area contributed by atoms with Gasteiger partial charge in [-0.15, -0.1) is 0 Å². The molecule has 0 aliphatic rings. The number of aryl methyl sites for hydroxylation is 1. The van der Waals surface area contributed by atoms with Crippen molar-refractivity contribution in [3.8, 4) is 11.5 Å². The van der Waals surface area contributed by atoms with E-state index in [1.807, 2.05) is 20.8 Å². The zero-order valence-corrected chi connectivity index (χ0v) is 23.6. The van der Waals surface area contributed by atoms with Crippen molar-refractivity contribution >= 4 is 40.8 Å². The number of methoxy groups -OCH3 is 2. The number of para-hydroxylation sites is 2. The lowest BCUT2D eigenvalue weighted by Gasteiger charge is -2.35. The number of rotatable bonds is 10. The Balaban J connectivity index is 2.07. The number of halogens is 1. The van der Waals surface area contributed by atoms with E-state index in [0.29, 0.717) is 22.8 Å². The van der Waals surface area contributed by atoms with Gasteiger partial charge < -0.3 is 24.6 Å². The van der Waals surface area contributed by atoms with Crippen LogP contribution < -0.4 is 25.0 Å². The lowest BCUT2D eigenvalue weighted by atomic mass is 9.98. The van der Waals surface area contributed by atoms with Gasteiger partial charge in [0.15, 0.2) is 17.3 Å². The van der Waals surface area contributed by atoms with Gasteiger partial charge in [0.2, 0.25) is 17.7 Å². The zero-order chi connectivity index (χ0) is 28.7. The van der Waals surface area contributed by atoms with Crippen LogP contribution in [0.5, 0.6) is 11.5 Å². The average Bonchev–Trinajstić information content (AvgIpc) is 3.28. The van der Waals surface area contributed by atoms with E-state index < -0.39 is 29.3 Å². The molecule has 208 valence electrons. The minimum atomic E-state index is -1.21. The topological polar surface area (TPSA) is 123 Å². The van der Waals surface area contributed by atoms with Gasteiger partial charge in [-0.1, -0.05) is 41.0 Å². The third-order valence-electron chi connectivity index (χ3n) is 5.57. The van der Waals surface area contributed by atoms with E-state index in [1.54, 1.807) is 55.5 Å². The number of ether oxygens (including phenoxy) is 2. The molecular weight excluding hydrogens is 524 g/mol. The molecule has 0 bridgehead atoms. The van der Waals surface area contributed by atoms with Crippen molar-refractivity contribution in [1.29, 1.82) is 0 Å². The lowest BCUT2D eigenvalue weighted by Crippen LogP contribution is -2.49. The third-order valence-corrected chi connectivity index (χ3v) is 5.89. The number of carbonyl (C=O) groups excluding carboxylic acids is 3. The Morgan fingerprint density at radius 3 is 2.36 bits per heavy atom. The molecule has 3 amide bonds. The molecule has 1 aromatic heterocycles. The second-order valence-electron chi connectivity index (χ2n) is 9.81. The highest BCUT2D eigenvalue weighted by Gasteiger charge is 2.37. The highest BCUT2D eigenvalue weighted by molar-refractivity contribution is 6.34. The van der Waals surface area contributed by atoms with Crippen LogP contribution in [0.3, 0.4) is 0 Å². The van der Waals surface area contributed by atoms with Gasteiger partial charge in [0.1, 0.15) is 11.8 Å². The summed E-state index contributed by atoms with van der Waals surface area (Å²) in [6.45, 7) is 7.20. The molecule has 0 saturated heterocycles. The van der Waals surface area contributed by atoms with Crippen LogP contribution in [-0.2, 0) is 14.4 Å². The fraction of sp³-hybridized carbons (Fsp3) is 0.357. The van der Waals surface area contributed by atoms with Gasteiger partial charge >= 0.3 is 0 Å². The minimum absolute atomic E-state index is 0.172. The van der Waals surface area contributed by atoms with Gasteiger partial charge in [-0.25, -0.2) is 0 Å². The first-order valence-corrected chi connectivity index (χ1v) is 12.7. The summed E-state index contributed by atoms with van der Waals surface area (Å²) >= 11 is 6.56. The van der Waals surface area contributed by atoms with Gasteiger partial charge in [0, 0.05) is 30.0 Å². The van der Waals surface area contributed by atoms with Crippen LogP contribution in [0.1, 0.15) is 51.0 Å². The van der Waals surface area contributed by atoms with Gasteiger partial charge in [0.25, 0.3) is 0 Å². The van der Waals surface area contributed by atoms with Crippen LogP contribution in [0.25, 0.3) is 0 Å². The number of nitrogens with zero attached hydrogens (tertiary/aromatic N) is 2. The fourth-order valence-electron chi connectivity index (χ4n) is 4.00. The smallest absolute Gasteiger partial charge is 0.248 e. The molecule has 0 spiro atoms. The second kappa shape index (κ2) is 12.7. The highest BCUT2D eigenvalue weighted by atomic mass is 35.5. The van der Waals surface area contributed by atoms with E-state index in [0.717, 1.165) is 0 Å².